The van der Waals surface area contributed by atoms with Crippen LogP contribution in [-0.2, 0) is 20.4 Å². The van der Waals surface area contributed by atoms with Crippen molar-refractivity contribution in [2.45, 2.75) is 6.92 Å². The van der Waals surface area contributed by atoms with E-state index in [1.807, 2.05) is 6.92 Å². The average molecular weight is 279 g/mol. The summed E-state index contributed by atoms with van der Waals surface area (Å²) in [6.07, 6.45) is 5.92. The first kappa shape index (κ1) is 7.74. The molecule has 0 aliphatic rings. The number of nitrogens with zero attached hydrogens (tertiary/aromatic N) is 2. The Labute approximate surface area is 62.0 Å². The van der Waals surface area contributed by atoms with Crippen molar-refractivity contribution in [1.29, 1.82) is 0 Å². The zero-order valence-electron chi connectivity index (χ0n) is 4.43. The van der Waals surface area contributed by atoms with E-state index in [0.29, 0.717) is 0 Å². The van der Waals surface area contributed by atoms with Gasteiger partial charge in [-0.15, -0.1) is 12.4 Å². The zero-order valence-corrected chi connectivity index (χ0v) is 7.14. The molecule has 0 atom stereocenters. The predicted molar refractivity (Wildman–Crippen MR) is 25.6 cm³/mol. The molecule has 0 spiro atoms. The van der Waals surface area contributed by atoms with Crippen LogP contribution in [0, 0.1) is 13.1 Å². The summed E-state index contributed by atoms with van der Waals surface area (Å²) in [5.74, 6) is 0. The minimum absolute atomic E-state index is 0. The minimum atomic E-state index is 0. The first-order chi connectivity index (χ1) is 3.39. The predicted octanol–water partition coefficient (Wildman–Crippen LogP) is 0.583. The van der Waals surface area contributed by atoms with E-state index < -0.39 is 0 Å². The van der Waals surface area contributed by atoms with Crippen molar-refractivity contribution < 1.29 is 20.4 Å². The molecule has 1 radical (unpaired) electrons. The Morgan fingerprint density at radius 3 is 2.50 bits per heavy atom. The molecule has 0 saturated heterocycles. The summed E-state index contributed by atoms with van der Waals surface area (Å²) < 4.78 is 0. The summed E-state index contributed by atoms with van der Waals surface area (Å²) in [6, 6.07) is 0. The van der Waals surface area contributed by atoms with Crippen LogP contribution >= 0.6 is 0 Å². The number of hydrogen-bond donors (Lipinski definition) is 0. The molecule has 0 bridgehead atoms. The van der Waals surface area contributed by atoms with Gasteiger partial charge in [-0.1, -0.05) is 0 Å². The van der Waals surface area contributed by atoms with Crippen LogP contribution in [0.1, 0.15) is 5.69 Å². The van der Waals surface area contributed by atoms with Crippen LogP contribution in [0.2, 0.25) is 0 Å². The van der Waals surface area contributed by atoms with Crippen LogP contribution in [0.3, 0.4) is 0 Å². The molecule has 1 aromatic heterocycles. The van der Waals surface area contributed by atoms with Crippen LogP contribution < -0.4 is 0 Å². The third-order valence-electron chi connectivity index (χ3n) is 0.636. The molecular formula is C5H5N2Re-. The molecule has 0 fully saturated rings. The summed E-state index contributed by atoms with van der Waals surface area (Å²) in [6.45, 7) is 1.85. The monoisotopic (exact) mass is 280 g/mol. The van der Waals surface area contributed by atoms with Crippen LogP contribution in [0.25, 0.3) is 0 Å². The third-order valence-corrected chi connectivity index (χ3v) is 0.636. The Morgan fingerprint density at radius 1 is 1.50 bits per heavy atom. The van der Waals surface area contributed by atoms with Crippen molar-refractivity contribution in [1.82, 2.24) is 9.97 Å². The Bertz CT molecular complexity index is 140. The van der Waals surface area contributed by atoms with Gasteiger partial charge in [-0.2, -0.15) is 0 Å². The van der Waals surface area contributed by atoms with Crippen LogP contribution in [-0.4, -0.2) is 9.97 Å². The van der Waals surface area contributed by atoms with Gasteiger partial charge in [0, 0.05) is 20.4 Å². The van der Waals surface area contributed by atoms with Gasteiger partial charge in [0.25, 0.3) is 0 Å². The fraction of sp³-hybridized carbons (Fsp3) is 0.200. The van der Waals surface area contributed by atoms with Crippen molar-refractivity contribution in [3.8, 4) is 0 Å². The standard InChI is InChI=1S/C5H5N2.Re/c1-5-4-6-2-3-7-5;/h2-3H,1H3;/q-1;. The Morgan fingerprint density at radius 2 is 2.25 bits per heavy atom. The topological polar surface area (TPSA) is 25.8 Å². The van der Waals surface area contributed by atoms with Crippen molar-refractivity contribution in [3.63, 3.8) is 0 Å². The van der Waals surface area contributed by atoms with Gasteiger partial charge < -0.3 is 4.98 Å². The fourth-order valence-electron chi connectivity index (χ4n) is 0.338. The zero-order chi connectivity index (χ0) is 5.11. The molecule has 3 heteroatoms. The quantitative estimate of drug-likeness (QED) is 0.649. The molecule has 0 aromatic carbocycles. The molecule has 8 heavy (non-hydrogen) atoms. The fourth-order valence-corrected chi connectivity index (χ4v) is 0.338. The molecule has 0 aliphatic carbocycles. The molecule has 0 N–H and O–H groups in total. The van der Waals surface area contributed by atoms with Crippen LogP contribution in [0.5, 0.6) is 0 Å². The number of rotatable bonds is 0. The second kappa shape index (κ2) is 3.71. The van der Waals surface area contributed by atoms with Gasteiger partial charge in [-0.3, -0.25) is 4.98 Å². The summed E-state index contributed by atoms with van der Waals surface area (Å²) in [5.41, 5.74) is 0.836. The molecular weight excluding hydrogens is 274 g/mol. The van der Waals surface area contributed by atoms with E-state index in [1.165, 1.54) is 0 Å². The van der Waals surface area contributed by atoms with Gasteiger partial charge >= 0.3 is 0 Å². The van der Waals surface area contributed by atoms with Crippen LogP contribution in [0.15, 0.2) is 12.4 Å². The molecule has 0 saturated carbocycles. The number of aromatic nitrogens is 2. The Balaban J connectivity index is 0.000000490. The first-order valence-corrected chi connectivity index (χ1v) is 2.05. The molecule has 2 nitrogen and oxygen atoms in total. The SMILES string of the molecule is Cc1[c-]nccn1.[Re]. The number of hydrogen-bond acceptors (Lipinski definition) is 2. The summed E-state index contributed by atoms with van der Waals surface area (Å²) >= 11 is 0. The number of aryl methyl sites for hydroxylation is 1. The average Bonchev–Trinajstić information content (AvgIpc) is 1.69. The molecule has 1 heterocycles. The Kier molecular flexibility index (Phi) is 3.59. The van der Waals surface area contributed by atoms with E-state index >= 15 is 0 Å². The second-order valence-electron chi connectivity index (χ2n) is 1.25. The Hall–Kier alpha value is -0.258. The summed E-state index contributed by atoms with van der Waals surface area (Å²) in [7, 11) is 0. The normalized spacial score (nSPS) is 7.62. The molecule has 0 unspecified atom stereocenters. The summed E-state index contributed by atoms with van der Waals surface area (Å²) in [4.78, 5) is 7.56. The molecule has 0 amide bonds. The van der Waals surface area contributed by atoms with Gasteiger partial charge in [-0.25, -0.2) is 0 Å². The maximum Gasteiger partial charge on any atom is 0 e. The molecule has 43 valence electrons. The van der Waals surface area contributed by atoms with E-state index in [1.54, 1.807) is 12.4 Å². The largest absolute Gasteiger partial charge is 0.456 e. The molecule has 1 rings (SSSR count). The van der Waals surface area contributed by atoms with Crippen molar-refractivity contribution >= 4 is 0 Å². The van der Waals surface area contributed by atoms with Gasteiger partial charge in [0.1, 0.15) is 0 Å². The van der Waals surface area contributed by atoms with E-state index in [-0.39, 0.29) is 20.4 Å². The van der Waals surface area contributed by atoms with E-state index in [2.05, 4.69) is 16.2 Å². The van der Waals surface area contributed by atoms with E-state index in [9.17, 15) is 0 Å². The van der Waals surface area contributed by atoms with Gasteiger partial charge in [0.2, 0.25) is 0 Å². The molecule has 0 aliphatic heterocycles. The second-order valence-corrected chi connectivity index (χ2v) is 1.25. The molecule has 1 aromatic rings. The smallest absolute Gasteiger partial charge is 0 e. The van der Waals surface area contributed by atoms with Crippen molar-refractivity contribution in [2.24, 2.45) is 0 Å². The van der Waals surface area contributed by atoms with Gasteiger partial charge in [0.15, 0.2) is 0 Å². The third kappa shape index (κ3) is 2.15. The minimum Gasteiger partial charge on any atom is -0.456 e. The van der Waals surface area contributed by atoms with E-state index in [0.717, 1.165) is 5.69 Å². The van der Waals surface area contributed by atoms with E-state index in [4.69, 9.17) is 0 Å². The maximum absolute atomic E-state index is 3.86. The van der Waals surface area contributed by atoms with Crippen molar-refractivity contribution in [3.05, 3.63) is 24.3 Å². The maximum atomic E-state index is 3.86. The van der Waals surface area contributed by atoms with Crippen LogP contribution in [0.4, 0.5) is 0 Å². The summed E-state index contributed by atoms with van der Waals surface area (Å²) in [5, 5.41) is 0. The van der Waals surface area contributed by atoms with Crippen molar-refractivity contribution in [2.75, 3.05) is 0 Å². The van der Waals surface area contributed by atoms with Gasteiger partial charge in [-0.05, 0) is 18.8 Å². The first-order valence-electron chi connectivity index (χ1n) is 2.05. The van der Waals surface area contributed by atoms with Gasteiger partial charge in [0.05, 0.1) is 0 Å².